The van der Waals surface area contributed by atoms with Gasteiger partial charge in [0, 0.05) is 11.4 Å². The molecular formula is C9H13N2. The Morgan fingerprint density at radius 1 is 1.27 bits per heavy atom. The number of hydrogen-bond donors (Lipinski definition) is 2. The largest absolute Gasteiger partial charge is 0.399 e. The van der Waals surface area contributed by atoms with Crippen LogP contribution in [0.5, 0.6) is 0 Å². The first-order valence-electron chi connectivity index (χ1n) is 3.67. The van der Waals surface area contributed by atoms with Crippen LogP contribution >= 0.6 is 0 Å². The summed E-state index contributed by atoms with van der Waals surface area (Å²) in [6.45, 7) is 3.76. The predicted octanol–water partition coefficient (Wildman–Crippen LogP) is 1.62. The number of nitrogen functional groups attached to an aromatic ring is 2. The standard InChI is InChI=1S/C9H13N2/c1-2-3-7-4-5-8(10)6-9(7)11/h4-6H,1-3,10-11H2. The van der Waals surface area contributed by atoms with Crippen LogP contribution in [-0.4, -0.2) is 0 Å². The monoisotopic (exact) mass is 149 g/mol. The molecule has 2 heteroatoms. The van der Waals surface area contributed by atoms with Gasteiger partial charge in [-0.05, 0) is 30.5 Å². The van der Waals surface area contributed by atoms with Crippen LogP contribution in [0, 0.1) is 6.92 Å². The van der Waals surface area contributed by atoms with Crippen molar-refractivity contribution < 1.29 is 0 Å². The average molecular weight is 149 g/mol. The molecule has 0 bridgehead atoms. The number of aryl methyl sites for hydroxylation is 1. The molecule has 2 nitrogen and oxygen atoms in total. The average Bonchev–Trinajstić information content (AvgIpc) is 1.95. The van der Waals surface area contributed by atoms with Gasteiger partial charge in [0.1, 0.15) is 0 Å². The maximum absolute atomic E-state index is 5.70. The molecule has 1 rings (SSSR count). The van der Waals surface area contributed by atoms with Crippen molar-refractivity contribution in [3.8, 4) is 0 Å². The maximum Gasteiger partial charge on any atom is 0.0367 e. The Kier molecular flexibility index (Phi) is 2.36. The number of anilines is 2. The van der Waals surface area contributed by atoms with E-state index in [2.05, 4.69) is 6.92 Å². The second kappa shape index (κ2) is 3.28. The minimum Gasteiger partial charge on any atom is -0.399 e. The summed E-state index contributed by atoms with van der Waals surface area (Å²) in [5.74, 6) is 0. The van der Waals surface area contributed by atoms with Crippen LogP contribution in [0.2, 0.25) is 0 Å². The molecule has 1 aromatic carbocycles. The highest BCUT2D eigenvalue weighted by molar-refractivity contribution is 5.56. The van der Waals surface area contributed by atoms with Crippen LogP contribution in [0.4, 0.5) is 11.4 Å². The molecule has 59 valence electrons. The lowest BCUT2D eigenvalue weighted by Crippen LogP contribution is -1.95. The highest BCUT2D eigenvalue weighted by atomic mass is 14.6. The molecule has 0 amide bonds. The normalized spacial score (nSPS) is 9.91. The lowest BCUT2D eigenvalue weighted by atomic mass is 10.1. The molecule has 0 aliphatic carbocycles. The summed E-state index contributed by atoms with van der Waals surface area (Å²) in [4.78, 5) is 0. The van der Waals surface area contributed by atoms with Crippen molar-refractivity contribution >= 4 is 11.4 Å². The van der Waals surface area contributed by atoms with Gasteiger partial charge in [-0.3, -0.25) is 0 Å². The fourth-order valence-electron chi connectivity index (χ4n) is 1.03. The van der Waals surface area contributed by atoms with E-state index in [9.17, 15) is 0 Å². The highest BCUT2D eigenvalue weighted by Crippen LogP contribution is 2.16. The molecular weight excluding hydrogens is 136 g/mol. The summed E-state index contributed by atoms with van der Waals surface area (Å²) in [5.41, 5.74) is 13.9. The zero-order chi connectivity index (χ0) is 8.27. The van der Waals surface area contributed by atoms with Crippen molar-refractivity contribution in [2.45, 2.75) is 12.8 Å². The molecule has 0 aliphatic rings. The fraction of sp³-hybridized carbons (Fsp3) is 0.222. The van der Waals surface area contributed by atoms with Gasteiger partial charge >= 0.3 is 0 Å². The van der Waals surface area contributed by atoms with Crippen molar-refractivity contribution in [1.29, 1.82) is 0 Å². The van der Waals surface area contributed by atoms with Gasteiger partial charge in [0.05, 0.1) is 0 Å². The molecule has 0 spiro atoms. The number of rotatable bonds is 2. The van der Waals surface area contributed by atoms with Gasteiger partial charge in [-0.25, -0.2) is 0 Å². The quantitative estimate of drug-likeness (QED) is 0.628. The highest BCUT2D eigenvalue weighted by Gasteiger charge is 1.96. The van der Waals surface area contributed by atoms with E-state index in [1.54, 1.807) is 6.07 Å². The molecule has 0 aromatic heterocycles. The van der Waals surface area contributed by atoms with Gasteiger partial charge in [-0.1, -0.05) is 13.0 Å². The summed E-state index contributed by atoms with van der Waals surface area (Å²) < 4.78 is 0. The Morgan fingerprint density at radius 2 is 2.00 bits per heavy atom. The van der Waals surface area contributed by atoms with Gasteiger partial charge in [0.25, 0.3) is 0 Å². The minimum atomic E-state index is 0.718. The maximum atomic E-state index is 5.70. The van der Waals surface area contributed by atoms with Gasteiger partial charge in [0.2, 0.25) is 0 Å². The summed E-state index contributed by atoms with van der Waals surface area (Å²) in [6.07, 6.45) is 1.79. The minimum absolute atomic E-state index is 0.718. The van der Waals surface area contributed by atoms with E-state index >= 15 is 0 Å². The van der Waals surface area contributed by atoms with E-state index < -0.39 is 0 Å². The smallest absolute Gasteiger partial charge is 0.0367 e. The van der Waals surface area contributed by atoms with E-state index in [0.29, 0.717) is 0 Å². The van der Waals surface area contributed by atoms with E-state index in [0.717, 1.165) is 29.8 Å². The number of nitrogens with two attached hydrogens (primary N) is 2. The third-order valence-corrected chi connectivity index (χ3v) is 1.62. The van der Waals surface area contributed by atoms with Gasteiger partial charge in [-0.2, -0.15) is 0 Å². The second-order valence-corrected chi connectivity index (χ2v) is 2.56. The molecule has 0 saturated heterocycles. The summed E-state index contributed by atoms with van der Waals surface area (Å²) in [5, 5.41) is 0. The zero-order valence-corrected chi connectivity index (χ0v) is 6.51. The molecule has 0 atom stereocenters. The van der Waals surface area contributed by atoms with Crippen LogP contribution < -0.4 is 11.5 Å². The number of hydrogen-bond acceptors (Lipinski definition) is 2. The fourth-order valence-corrected chi connectivity index (χ4v) is 1.03. The van der Waals surface area contributed by atoms with Crippen LogP contribution in [0.25, 0.3) is 0 Å². The van der Waals surface area contributed by atoms with Crippen LogP contribution in [0.3, 0.4) is 0 Å². The molecule has 0 fully saturated rings. The van der Waals surface area contributed by atoms with Crippen molar-refractivity contribution in [1.82, 2.24) is 0 Å². The summed E-state index contributed by atoms with van der Waals surface area (Å²) in [7, 11) is 0. The molecule has 1 aromatic rings. The topological polar surface area (TPSA) is 52.0 Å². The van der Waals surface area contributed by atoms with E-state index in [-0.39, 0.29) is 0 Å². The Balaban J connectivity index is 2.90. The summed E-state index contributed by atoms with van der Waals surface area (Å²) in [6, 6.07) is 5.60. The van der Waals surface area contributed by atoms with Crippen LogP contribution in [0.15, 0.2) is 18.2 Å². The lowest BCUT2D eigenvalue weighted by molar-refractivity contribution is 1.00. The van der Waals surface area contributed by atoms with E-state index in [1.165, 1.54) is 0 Å². The van der Waals surface area contributed by atoms with Gasteiger partial charge in [0.15, 0.2) is 0 Å². The third-order valence-electron chi connectivity index (χ3n) is 1.62. The lowest BCUT2D eigenvalue weighted by Gasteiger charge is -2.03. The molecule has 4 N–H and O–H groups in total. The Labute approximate surface area is 67.2 Å². The van der Waals surface area contributed by atoms with Crippen molar-refractivity contribution in [2.24, 2.45) is 0 Å². The van der Waals surface area contributed by atoms with Crippen LogP contribution in [0.1, 0.15) is 12.0 Å². The van der Waals surface area contributed by atoms with E-state index in [4.69, 9.17) is 11.5 Å². The first-order chi connectivity index (χ1) is 5.24. The Hall–Kier alpha value is -1.18. The third kappa shape index (κ3) is 1.87. The molecule has 0 heterocycles. The van der Waals surface area contributed by atoms with Gasteiger partial charge < -0.3 is 11.5 Å². The van der Waals surface area contributed by atoms with Crippen LogP contribution in [-0.2, 0) is 6.42 Å². The second-order valence-electron chi connectivity index (χ2n) is 2.56. The molecule has 1 radical (unpaired) electrons. The SMILES string of the molecule is [CH2]CCc1ccc(N)cc1N. The summed E-state index contributed by atoms with van der Waals surface area (Å²) >= 11 is 0. The zero-order valence-electron chi connectivity index (χ0n) is 6.51. The Bertz CT molecular complexity index is 243. The van der Waals surface area contributed by atoms with Crippen molar-refractivity contribution in [3.63, 3.8) is 0 Å². The molecule has 0 unspecified atom stereocenters. The van der Waals surface area contributed by atoms with Crippen molar-refractivity contribution in [2.75, 3.05) is 11.5 Å². The van der Waals surface area contributed by atoms with Gasteiger partial charge in [-0.15, -0.1) is 0 Å². The van der Waals surface area contributed by atoms with Crippen molar-refractivity contribution in [3.05, 3.63) is 30.7 Å². The molecule has 0 saturated carbocycles. The first-order valence-corrected chi connectivity index (χ1v) is 3.67. The number of benzene rings is 1. The first kappa shape index (κ1) is 7.92. The molecule has 0 aliphatic heterocycles. The predicted molar refractivity (Wildman–Crippen MR) is 48.9 cm³/mol. The van der Waals surface area contributed by atoms with E-state index in [1.807, 2.05) is 12.1 Å². The Morgan fingerprint density at radius 3 is 2.55 bits per heavy atom. The molecule has 11 heavy (non-hydrogen) atoms.